The van der Waals surface area contributed by atoms with Crippen molar-refractivity contribution in [2.45, 2.75) is 0 Å². The molecule has 0 N–H and O–H groups in total. The van der Waals surface area contributed by atoms with Crippen LogP contribution in [-0.4, -0.2) is 42.5 Å². The third kappa shape index (κ3) is 2.39. The van der Waals surface area contributed by atoms with E-state index in [1.807, 2.05) is 0 Å². The molecular formula is C12H9N7O. The van der Waals surface area contributed by atoms with Crippen LogP contribution < -0.4 is 4.74 Å². The molecular weight excluding hydrogens is 258 g/mol. The number of rotatable bonds is 3. The molecule has 0 saturated heterocycles. The summed E-state index contributed by atoms with van der Waals surface area (Å²) >= 11 is 0. The van der Waals surface area contributed by atoms with Gasteiger partial charge in [0, 0.05) is 24.5 Å². The summed E-state index contributed by atoms with van der Waals surface area (Å²) < 4.78 is 5.25. The highest BCUT2D eigenvalue weighted by Gasteiger charge is 2.11. The lowest BCUT2D eigenvalue weighted by atomic mass is 10.2. The van der Waals surface area contributed by atoms with Crippen LogP contribution in [0.5, 0.6) is 5.75 Å². The first-order chi connectivity index (χ1) is 9.86. The summed E-state index contributed by atoms with van der Waals surface area (Å²) in [6, 6.07) is 3.44. The minimum atomic E-state index is 0.400. The van der Waals surface area contributed by atoms with Crippen LogP contribution in [0.1, 0.15) is 0 Å². The number of nitrogens with zero attached hydrogens (tertiary/aromatic N) is 7. The van der Waals surface area contributed by atoms with Crippen molar-refractivity contribution in [2.24, 2.45) is 0 Å². The Kier molecular flexibility index (Phi) is 3.19. The summed E-state index contributed by atoms with van der Waals surface area (Å²) in [7, 11) is 1.57. The van der Waals surface area contributed by atoms with Gasteiger partial charge in [-0.05, 0) is 0 Å². The lowest BCUT2D eigenvalue weighted by molar-refractivity contribution is 0.414. The van der Waals surface area contributed by atoms with Gasteiger partial charge in [0.25, 0.3) is 0 Å². The van der Waals surface area contributed by atoms with Crippen LogP contribution in [0.15, 0.2) is 36.9 Å². The minimum absolute atomic E-state index is 0.400. The number of aromatic nitrogens is 7. The van der Waals surface area contributed by atoms with Gasteiger partial charge in [-0.1, -0.05) is 0 Å². The van der Waals surface area contributed by atoms with Crippen molar-refractivity contribution in [3.8, 4) is 28.8 Å². The molecule has 8 nitrogen and oxygen atoms in total. The molecule has 3 heterocycles. The molecule has 20 heavy (non-hydrogen) atoms. The Morgan fingerprint density at radius 1 is 0.800 bits per heavy atom. The van der Waals surface area contributed by atoms with Crippen molar-refractivity contribution in [1.29, 1.82) is 0 Å². The maximum Gasteiger partial charge on any atom is 0.200 e. The SMILES string of the molecule is COc1cc(-c2nccnn2)nc(-c2nccnn2)c1. The van der Waals surface area contributed by atoms with Crippen LogP contribution in [0.25, 0.3) is 23.0 Å². The average molecular weight is 267 g/mol. The van der Waals surface area contributed by atoms with Crippen LogP contribution in [0.4, 0.5) is 0 Å². The van der Waals surface area contributed by atoms with E-state index >= 15 is 0 Å². The van der Waals surface area contributed by atoms with E-state index in [4.69, 9.17) is 4.74 Å². The summed E-state index contributed by atoms with van der Waals surface area (Å²) in [6.45, 7) is 0. The molecule has 0 bridgehead atoms. The fourth-order valence-electron chi connectivity index (χ4n) is 1.58. The van der Waals surface area contributed by atoms with Gasteiger partial charge in [-0.15, -0.1) is 10.2 Å². The zero-order valence-electron chi connectivity index (χ0n) is 10.5. The number of hydrogen-bond donors (Lipinski definition) is 0. The molecule has 0 amide bonds. The molecule has 0 aliphatic carbocycles. The van der Waals surface area contributed by atoms with E-state index in [0.717, 1.165) is 0 Å². The predicted octanol–water partition coefficient (Wildman–Crippen LogP) is 0.794. The van der Waals surface area contributed by atoms with Gasteiger partial charge in [-0.2, -0.15) is 10.2 Å². The molecule has 3 aromatic heterocycles. The summed E-state index contributed by atoms with van der Waals surface area (Å²) in [6.07, 6.45) is 6.08. The van der Waals surface area contributed by atoms with Crippen molar-refractivity contribution >= 4 is 0 Å². The smallest absolute Gasteiger partial charge is 0.200 e. The zero-order chi connectivity index (χ0) is 13.8. The number of methoxy groups -OCH3 is 1. The quantitative estimate of drug-likeness (QED) is 0.686. The molecule has 3 aromatic rings. The summed E-state index contributed by atoms with van der Waals surface area (Å²) in [5, 5.41) is 15.4. The first-order valence-corrected chi connectivity index (χ1v) is 5.71. The van der Waals surface area contributed by atoms with Gasteiger partial charge in [-0.25, -0.2) is 15.0 Å². The van der Waals surface area contributed by atoms with Gasteiger partial charge in [0.1, 0.15) is 17.1 Å². The predicted molar refractivity (Wildman–Crippen MR) is 68.4 cm³/mol. The van der Waals surface area contributed by atoms with E-state index in [9.17, 15) is 0 Å². The molecule has 0 radical (unpaired) electrons. The Morgan fingerprint density at radius 2 is 1.35 bits per heavy atom. The summed E-state index contributed by atoms with van der Waals surface area (Å²) in [5.74, 6) is 1.40. The second-order valence-corrected chi connectivity index (χ2v) is 3.71. The van der Waals surface area contributed by atoms with E-state index in [1.165, 1.54) is 12.4 Å². The summed E-state index contributed by atoms with van der Waals surface area (Å²) in [4.78, 5) is 12.6. The van der Waals surface area contributed by atoms with Crippen LogP contribution in [0.2, 0.25) is 0 Å². The average Bonchev–Trinajstić information content (AvgIpc) is 2.56. The van der Waals surface area contributed by atoms with E-state index in [1.54, 1.807) is 31.6 Å². The highest BCUT2D eigenvalue weighted by atomic mass is 16.5. The van der Waals surface area contributed by atoms with Gasteiger partial charge >= 0.3 is 0 Å². The Bertz CT molecular complexity index is 648. The van der Waals surface area contributed by atoms with Crippen molar-refractivity contribution < 1.29 is 4.74 Å². The Balaban J connectivity index is 2.13. The second kappa shape index (κ2) is 5.31. The zero-order valence-corrected chi connectivity index (χ0v) is 10.5. The molecule has 0 aliphatic heterocycles. The van der Waals surface area contributed by atoms with Gasteiger partial charge in [-0.3, -0.25) is 0 Å². The molecule has 0 atom stereocenters. The van der Waals surface area contributed by atoms with Crippen LogP contribution in [-0.2, 0) is 0 Å². The maximum atomic E-state index is 5.25. The van der Waals surface area contributed by atoms with E-state index in [-0.39, 0.29) is 0 Å². The number of hydrogen-bond acceptors (Lipinski definition) is 8. The van der Waals surface area contributed by atoms with Gasteiger partial charge in [0.2, 0.25) is 11.6 Å². The minimum Gasteiger partial charge on any atom is -0.497 e. The highest BCUT2D eigenvalue weighted by molar-refractivity contribution is 5.60. The molecule has 0 unspecified atom stereocenters. The Labute approximate surface area is 113 Å². The second-order valence-electron chi connectivity index (χ2n) is 3.71. The standard InChI is InChI=1S/C12H9N7O/c1-20-8-6-9(11-13-2-4-15-18-11)17-10(7-8)12-14-3-5-16-19-12/h2-7H,1H3. The Morgan fingerprint density at radius 3 is 1.75 bits per heavy atom. The number of pyridine rings is 1. The van der Waals surface area contributed by atoms with Crippen LogP contribution >= 0.6 is 0 Å². The first kappa shape index (κ1) is 12.0. The van der Waals surface area contributed by atoms with E-state index in [2.05, 4.69) is 35.3 Å². The topological polar surface area (TPSA) is 99.5 Å². The summed E-state index contributed by atoms with van der Waals surface area (Å²) in [5.41, 5.74) is 1.06. The van der Waals surface area contributed by atoms with Crippen LogP contribution in [0.3, 0.4) is 0 Å². The van der Waals surface area contributed by atoms with Crippen molar-refractivity contribution in [1.82, 2.24) is 35.3 Å². The molecule has 3 rings (SSSR count). The first-order valence-electron chi connectivity index (χ1n) is 5.71. The normalized spacial score (nSPS) is 10.2. The van der Waals surface area contributed by atoms with E-state index in [0.29, 0.717) is 28.8 Å². The lowest BCUT2D eigenvalue weighted by Gasteiger charge is -2.05. The molecule has 0 aliphatic rings. The van der Waals surface area contributed by atoms with Crippen molar-refractivity contribution in [2.75, 3.05) is 7.11 Å². The maximum absolute atomic E-state index is 5.25. The van der Waals surface area contributed by atoms with Gasteiger partial charge < -0.3 is 4.74 Å². The van der Waals surface area contributed by atoms with Crippen LogP contribution in [0, 0.1) is 0 Å². The lowest BCUT2D eigenvalue weighted by Crippen LogP contribution is -1.98. The molecule has 0 saturated carbocycles. The molecule has 98 valence electrons. The monoisotopic (exact) mass is 267 g/mol. The largest absolute Gasteiger partial charge is 0.497 e. The third-order valence-electron chi connectivity index (χ3n) is 2.46. The number of ether oxygens (including phenoxy) is 1. The highest BCUT2D eigenvalue weighted by Crippen LogP contribution is 2.23. The van der Waals surface area contributed by atoms with Crippen molar-refractivity contribution in [3.05, 3.63) is 36.9 Å². The fourth-order valence-corrected chi connectivity index (χ4v) is 1.58. The molecule has 0 spiro atoms. The fraction of sp³-hybridized carbons (Fsp3) is 0.0833. The van der Waals surface area contributed by atoms with Gasteiger partial charge in [0.05, 0.1) is 19.5 Å². The van der Waals surface area contributed by atoms with E-state index < -0.39 is 0 Å². The molecule has 0 aromatic carbocycles. The molecule has 0 fully saturated rings. The van der Waals surface area contributed by atoms with Crippen molar-refractivity contribution in [3.63, 3.8) is 0 Å². The van der Waals surface area contributed by atoms with Gasteiger partial charge in [0.15, 0.2) is 0 Å². The third-order valence-corrected chi connectivity index (χ3v) is 2.46. The molecule has 8 heteroatoms. The Hall–Kier alpha value is -3.03.